The SMILES string of the molecule is CCc1ccc([C@@H]([NH2+]CCN2C(=O)c3ccccc3C2=O)c2cccs2)cc1. The van der Waals surface area contributed by atoms with Crippen LogP contribution in [-0.4, -0.2) is 29.8 Å². The van der Waals surface area contributed by atoms with Crippen LogP contribution in [0.3, 0.4) is 0 Å². The third kappa shape index (κ3) is 3.51. The Bertz CT molecular complexity index is 945. The minimum Gasteiger partial charge on any atom is -0.334 e. The number of nitrogens with zero attached hydrogens (tertiary/aromatic N) is 1. The summed E-state index contributed by atoms with van der Waals surface area (Å²) in [5, 5.41) is 4.30. The Balaban J connectivity index is 1.47. The lowest BCUT2D eigenvalue weighted by atomic mass is 10.0. The number of imide groups is 1. The molecule has 0 bridgehead atoms. The summed E-state index contributed by atoms with van der Waals surface area (Å²) in [6, 6.07) is 20.1. The molecule has 1 atom stereocenters. The molecular weight excluding hydrogens is 368 g/mol. The van der Waals surface area contributed by atoms with Gasteiger partial charge in [0, 0.05) is 5.56 Å². The number of benzene rings is 2. The molecule has 1 aromatic heterocycles. The van der Waals surface area contributed by atoms with Gasteiger partial charge in [-0.2, -0.15) is 0 Å². The van der Waals surface area contributed by atoms with Crippen LogP contribution in [0.15, 0.2) is 66.0 Å². The second kappa shape index (κ2) is 8.09. The van der Waals surface area contributed by atoms with Gasteiger partial charge in [0.25, 0.3) is 11.8 Å². The summed E-state index contributed by atoms with van der Waals surface area (Å²) in [7, 11) is 0. The fourth-order valence-electron chi connectivity index (χ4n) is 3.66. The molecule has 3 aromatic rings. The lowest BCUT2D eigenvalue weighted by molar-refractivity contribution is -0.685. The molecule has 5 heteroatoms. The van der Waals surface area contributed by atoms with Gasteiger partial charge >= 0.3 is 0 Å². The summed E-state index contributed by atoms with van der Waals surface area (Å²) in [6.45, 7) is 3.21. The highest BCUT2D eigenvalue weighted by Gasteiger charge is 2.35. The molecule has 0 saturated carbocycles. The van der Waals surface area contributed by atoms with Gasteiger partial charge < -0.3 is 5.32 Å². The van der Waals surface area contributed by atoms with Crippen molar-refractivity contribution in [1.82, 2.24) is 4.90 Å². The van der Waals surface area contributed by atoms with E-state index in [9.17, 15) is 9.59 Å². The van der Waals surface area contributed by atoms with Crippen LogP contribution in [0.25, 0.3) is 0 Å². The molecule has 2 amide bonds. The van der Waals surface area contributed by atoms with E-state index in [1.807, 2.05) is 0 Å². The number of aryl methyl sites for hydroxylation is 1. The Hall–Kier alpha value is -2.76. The van der Waals surface area contributed by atoms with Crippen molar-refractivity contribution in [3.63, 3.8) is 0 Å². The maximum Gasteiger partial charge on any atom is 0.261 e. The van der Waals surface area contributed by atoms with Crippen LogP contribution in [0.4, 0.5) is 0 Å². The molecule has 1 aliphatic rings. The van der Waals surface area contributed by atoms with Crippen LogP contribution in [0, 0.1) is 0 Å². The minimum atomic E-state index is -0.186. The number of thiophene rings is 1. The zero-order valence-electron chi connectivity index (χ0n) is 15.8. The molecule has 2 heterocycles. The van der Waals surface area contributed by atoms with Gasteiger partial charge in [-0.3, -0.25) is 14.5 Å². The summed E-state index contributed by atoms with van der Waals surface area (Å²) in [4.78, 5) is 27.7. The summed E-state index contributed by atoms with van der Waals surface area (Å²) < 4.78 is 0. The van der Waals surface area contributed by atoms with Gasteiger partial charge in [0.1, 0.15) is 6.04 Å². The monoisotopic (exact) mass is 391 g/mol. The predicted octanol–water partition coefficient (Wildman–Crippen LogP) is 3.26. The van der Waals surface area contributed by atoms with Gasteiger partial charge in [0.15, 0.2) is 0 Å². The van der Waals surface area contributed by atoms with Crippen molar-refractivity contribution in [2.45, 2.75) is 19.4 Å². The van der Waals surface area contributed by atoms with E-state index in [2.05, 4.69) is 54.0 Å². The maximum absolute atomic E-state index is 12.5. The molecule has 0 spiro atoms. The number of hydrogen-bond acceptors (Lipinski definition) is 3. The first-order valence-electron chi connectivity index (χ1n) is 9.60. The normalized spacial score (nSPS) is 14.4. The zero-order chi connectivity index (χ0) is 19.5. The largest absolute Gasteiger partial charge is 0.334 e. The van der Waals surface area contributed by atoms with Gasteiger partial charge in [-0.25, -0.2) is 0 Å². The number of fused-ring (bicyclic) bond motifs is 1. The first kappa shape index (κ1) is 18.6. The second-order valence-electron chi connectivity index (χ2n) is 6.92. The fraction of sp³-hybridized carbons (Fsp3) is 0.217. The number of carbonyl (C=O) groups excluding carboxylic acids is 2. The van der Waals surface area contributed by atoms with Crippen molar-refractivity contribution in [3.05, 3.63) is 93.2 Å². The molecule has 0 aliphatic carbocycles. The predicted molar refractivity (Wildman–Crippen MR) is 111 cm³/mol. The quantitative estimate of drug-likeness (QED) is 0.629. The third-order valence-corrected chi connectivity index (χ3v) is 6.19. The molecule has 0 radical (unpaired) electrons. The topological polar surface area (TPSA) is 54.0 Å². The van der Waals surface area contributed by atoms with Gasteiger partial charge in [-0.05, 0) is 35.6 Å². The van der Waals surface area contributed by atoms with Crippen molar-refractivity contribution < 1.29 is 14.9 Å². The number of nitrogens with two attached hydrogens (primary N) is 1. The molecule has 4 nitrogen and oxygen atoms in total. The van der Waals surface area contributed by atoms with E-state index in [-0.39, 0.29) is 17.9 Å². The van der Waals surface area contributed by atoms with Gasteiger partial charge in [-0.15, -0.1) is 11.3 Å². The first-order chi connectivity index (χ1) is 13.7. The van der Waals surface area contributed by atoms with Gasteiger partial charge in [-0.1, -0.05) is 49.4 Å². The average molecular weight is 392 g/mol. The molecule has 2 aromatic carbocycles. The lowest BCUT2D eigenvalue weighted by Gasteiger charge is -2.18. The highest BCUT2D eigenvalue weighted by molar-refractivity contribution is 7.10. The Labute approximate surface area is 168 Å². The molecule has 142 valence electrons. The average Bonchev–Trinajstić information content (AvgIpc) is 3.35. The van der Waals surface area contributed by atoms with Crippen LogP contribution < -0.4 is 5.32 Å². The second-order valence-corrected chi connectivity index (χ2v) is 7.90. The maximum atomic E-state index is 12.5. The van der Waals surface area contributed by atoms with Crippen molar-refractivity contribution in [1.29, 1.82) is 0 Å². The summed E-state index contributed by atoms with van der Waals surface area (Å²) in [5.74, 6) is -0.372. The van der Waals surface area contributed by atoms with Crippen molar-refractivity contribution in [2.24, 2.45) is 0 Å². The molecule has 1 aliphatic heterocycles. The van der Waals surface area contributed by atoms with E-state index < -0.39 is 0 Å². The van der Waals surface area contributed by atoms with Crippen LogP contribution >= 0.6 is 11.3 Å². The Kier molecular flexibility index (Phi) is 5.37. The Morgan fingerprint density at radius 1 is 0.929 bits per heavy atom. The van der Waals surface area contributed by atoms with E-state index >= 15 is 0 Å². The summed E-state index contributed by atoms with van der Waals surface area (Å²) in [5.41, 5.74) is 3.58. The van der Waals surface area contributed by atoms with E-state index in [1.165, 1.54) is 20.9 Å². The number of rotatable bonds is 7. The number of amides is 2. The van der Waals surface area contributed by atoms with Crippen LogP contribution in [0.2, 0.25) is 0 Å². The van der Waals surface area contributed by atoms with Gasteiger partial charge in [0.05, 0.1) is 29.1 Å². The number of carbonyl (C=O) groups is 2. The minimum absolute atomic E-state index is 0.168. The van der Waals surface area contributed by atoms with Crippen molar-refractivity contribution in [2.75, 3.05) is 13.1 Å². The summed E-state index contributed by atoms with van der Waals surface area (Å²) >= 11 is 1.73. The Morgan fingerprint density at radius 3 is 2.18 bits per heavy atom. The van der Waals surface area contributed by atoms with Crippen molar-refractivity contribution >= 4 is 23.2 Å². The van der Waals surface area contributed by atoms with E-state index in [4.69, 9.17) is 0 Å². The smallest absolute Gasteiger partial charge is 0.261 e. The third-order valence-electron chi connectivity index (χ3n) is 5.23. The standard InChI is InChI=1S/C23H22N2O2S/c1-2-16-9-11-17(12-10-16)21(20-8-5-15-28-20)24-13-14-25-22(26)18-6-3-4-7-19(18)23(25)27/h3-12,15,21,24H,2,13-14H2,1H3/p+1/t21-/m1/s1. The molecule has 0 saturated heterocycles. The molecule has 28 heavy (non-hydrogen) atoms. The highest BCUT2D eigenvalue weighted by Crippen LogP contribution is 2.24. The molecule has 0 unspecified atom stereocenters. The molecule has 2 N–H and O–H groups in total. The first-order valence-corrected chi connectivity index (χ1v) is 10.5. The number of quaternary nitrogens is 1. The Morgan fingerprint density at radius 2 is 1.61 bits per heavy atom. The van der Waals surface area contributed by atoms with Gasteiger partial charge in [0.2, 0.25) is 0 Å². The fourth-order valence-corrected chi connectivity index (χ4v) is 4.51. The molecule has 4 rings (SSSR count). The lowest BCUT2D eigenvalue weighted by Crippen LogP contribution is -2.86. The summed E-state index contributed by atoms with van der Waals surface area (Å²) in [6.07, 6.45) is 1.02. The van der Waals surface area contributed by atoms with Crippen molar-refractivity contribution in [3.8, 4) is 0 Å². The molecular formula is C23H23N2O2S+. The van der Waals surface area contributed by atoms with Crippen LogP contribution in [-0.2, 0) is 6.42 Å². The van der Waals surface area contributed by atoms with E-state index in [0.29, 0.717) is 24.2 Å². The molecule has 0 fully saturated rings. The van der Waals surface area contributed by atoms with Crippen LogP contribution in [0.1, 0.15) is 49.7 Å². The highest BCUT2D eigenvalue weighted by atomic mass is 32.1. The zero-order valence-corrected chi connectivity index (χ0v) is 16.6. The van der Waals surface area contributed by atoms with Crippen LogP contribution in [0.5, 0.6) is 0 Å². The van der Waals surface area contributed by atoms with E-state index in [0.717, 1.165) is 6.42 Å². The van der Waals surface area contributed by atoms with E-state index in [1.54, 1.807) is 35.6 Å². The number of hydrogen-bond donors (Lipinski definition) is 1.